The molecule has 2 aromatic carbocycles. The lowest BCUT2D eigenvalue weighted by Gasteiger charge is -2.21. The molecule has 0 radical (unpaired) electrons. The molecule has 26 heavy (non-hydrogen) atoms. The highest BCUT2D eigenvalue weighted by Gasteiger charge is 2.17. The molecule has 6 heteroatoms. The number of aryl methyl sites for hydroxylation is 1. The lowest BCUT2D eigenvalue weighted by atomic mass is 10.1. The predicted molar refractivity (Wildman–Crippen MR) is 106 cm³/mol. The van der Waals surface area contributed by atoms with Crippen LogP contribution in [0.15, 0.2) is 61.2 Å². The first-order chi connectivity index (χ1) is 12.2. The third-order valence-electron chi connectivity index (χ3n) is 4.04. The van der Waals surface area contributed by atoms with Crippen LogP contribution in [0.1, 0.15) is 34.5 Å². The molecule has 1 N–H and O–H groups in total. The zero-order valence-electron chi connectivity index (χ0n) is 15.3. The van der Waals surface area contributed by atoms with Crippen LogP contribution in [0.5, 0.6) is 0 Å². The molecule has 0 aliphatic heterocycles. The number of amides is 1. The van der Waals surface area contributed by atoms with E-state index in [1.54, 1.807) is 24.3 Å². The molecule has 1 unspecified atom stereocenters. The van der Waals surface area contributed by atoms with Gasteiger partial charge in [0.05, 0.1) is 24.5 Å². The average Bonchev–Trinajstić information content (AvgIpc) is 2.59. The fraction of sp³-hybridized carbons (Fsp3) is 0.250. The van der Waals surface area contributed by atoms with E-state index >= 15 is 0 Å². The first-order valence-corrected chi connectivity index (χ1v) is 10.1. The molecular formula is C20H24N2O3S. The summed E-state index contributed by atoms with van der Waals surface area (Å²) >= 11 is 0. The summed E-state index contributed by atoms with van der Waals surface area (Å²) in [6.45, 7) is 7.69. The molecule has 2 aromatic rings. The standard InChI is InChI=1S/C20H24N2O3S/c1-5-14-22(26(4,24)25)19-12-10-18(11-13-19)20(23)21-16(3)17-8-6-15(2)7-9-17/h5-13,16H,1,14H2,2-4H3,(H,21,23). The van der Waals surface area contributed by atoms with Crippen molar-refractivity contribution >= 4 is 21.6 Å². The minimum atomic E-state index is -3.41. The Hall–Kier alpha value is -2.60. The molecule has 0 bridgehead atoms. The highest BCUT2D eigenvalue weighted by Crippen LogP contribution is 2.19. The fourth-order valence-electron chi connectivity index (χ4n) is 2.55. The first-order valence-electron chi connectivity index (χ1n) is 8.28. The maximum absolute atomic E-state index is 12.4. The second kappa shape index (κ2) is 8.19. The van der Waals surface area contributed by atoms with Gasteiger partial charge in [-0.3, -0.25) is 9.10 Å². The molecule has 0 fully saturated rings. The summed E-state index contributed by atoms with van der Waals surface area (Å²) < 4.78 is 25.0. The number of carbonyl (C=O) groups excluding carboxylic acids is 1. The zero-order valence-corrected chi connectivity index (χ0v) is 16.1. The van der Waals surface area contributed by atoms with Crippen LogP contribution in [0.4, 0.5) is 5.69 Å². The number of nitrogens with one attached hydrogen (secondary N) is 1. The zero-order chi connectivity index (χ0) is 19.3. The van der Waals surface area contributed by atoms with Gasteiger partial charge >= 0.3 is 0 Å². The van der Waals surface area contributed by atoms with E-state index in [1.165, 1.54) is 10.4 Å². The quantitative estimate of drug-likeness (QED) is 0.757. The van der Waals surface area contributed by atoms with Crippen molar-refractivity contribution in [3.63, 3.8) is 0 Å². The summed E-state index contributed by atoms with van der Waals surface area (Å²) in [5.41, 5.74) is 3.16. The van der Waals surface area contributed by atoms with Crippen molar-refractivity contribution in [3.8, 4) is 0 Å². The van der Waals surface area contributed by atoms with E-state index in [-0.39, 0.29) is 18.5 Å². The fourth-order valence-corrected chi connectivity index (χ4v) is 3.43. The van der Waals surface area contributed by atoms with E-state index < -0.39 is 10.0 Å². The van der Waals surface area contributed by atoms with E-state index in [4.69, 9.17) is 0 Å². The Kier molecular flexibility index (Phi) is 6.21. The summed E-state index contributed by atoms with van der Waals surface area (Å²) in [5, 5.41) is 2.95. The third kappa shape index (κ3) is 4.95. The summed E-state index contributed by atoms with van der Waals surface area (Å²) in [7, 11) is -3.41. The molecule has 0 saturated carbocycles. The number of anilines is 1. The Bertz CT molecular complexity index is 872. The van der Waals surface area contributed by atoms with Crippen LogP contribution in [0.2, 0.25) is 0 Å². The van der Waals surface area contributed by atoms with Crippen molar-refractivity contribution in [1.29, 1.82) is 0 Å². The van der Waals surface area contributed by atoms with E-state index in [0.29, 0.717) is 11.3 Å². The van der Waals surface area contributed by atoms with Crippen LogP contribution in [-0.2, 0) is 10.0 Å². The van der Waals surface area contributed by atoms with Gasteiger partial charge in [0.15, 0.2) is 0 Å². The van der Waals surface area contributed by atoms with Gasteiger partial charge in [0, 0.05) is 5.56 Å². The summed E-state index contributed by atoms with van der Waals surface area (Å²) in [6.07, 6.45) is 2.66. The second-order valence-electron chi connectivity index (χ2n) is 6.24. The molecule has 0 aromatic heterocycles. The number of rotatable bonds is 7. The number of benzene rings is 2. The molecule has 1 atom stereocenters. The third-order valence-corrected chi connectivity index (χ3v) is 5.20. The van der Waals surface area contributed by atoms with Crippen molar-refractivity contribution in [2.24, 2.45) is 0 Å². The smallest absolute Gasteiger partial charge is 0.251 e. The van der Waals surface area contributed by atoms with Crippen LogP contribution in [0, 0.1) is 6.92 Å². The average molecular weight is 372 g/mol. The molecular weight excluding hydrogens is 348 g/mol. The summed E-state index contributed by atoms with van der Waals surface area (Å²) in [6, 6.07) is 14.3. The number of sulfonamides is 1. The van der Waals surface area contributed by atoms with Crippen LogP contribution in [0.3, 0.4) is 0 Å². The van der Waals surface area contributed by atoms with E-state index in [1.807, 2.05) is 38.1 Å². The normalized spacial score (nSPS) is 12.3. The van der Waals surface area contributed by atoms with E-state index in [9.17, 15) is 13.2 Å². The van der Waals surface area contributed by atoms with E-state index in [0.717, 1.165) is 17.4 Å². The number of hydrogen-bond donors (Lipinski definition) is 1. The van der Waals surface area contributed by atoms with Gasteiger partial charge < -0.3 is 5.32 Å². The minimum Gasteiger partial charge on any atom is -0.346 e. The first kappa shape index (κ1) is 19.7. The molecule has 2 rings (SSSR count). The van der Waals surface area contributed by atoms with E-state index in [2.05, 4.69) is 11.9 Å². The van der Waals surface area contributed by atoms with Gasteiger partial charge in [-0.15, -0.1) is 6.58 Å². The van der Waals surface area contributed by atoms with Crippen LogP contribution < -0.4 is 9.62 Å². The Balaban J connectivity index is 2.13. The highest BCUT2D eigenvalue weighted by atomic mass is 32.2. The molecule has 0 heterocycles. The molecule has 1 amide bonds. The molecule has 0 aliphatic carbocycles. The maximum Gasteiger partial charge on any atom is 0.251 e. The summed E-state index contributed by atoms with van der Waals surface area (Å²) in [4.78, 5) is 12.4. The number of carbonyl (C=O) groups is 1. The van der Waals surface area contributed by atoms with Gasteiger partial charge in [-0.1, -0.05) is 35.9 Å². The van der Waals surface area contributed by atoms with Gasteiger partial charge in [0.2, 0.25) is 10.0 Å². The molecule has 138 valence electrons. The van der Waals surface area contributed by atoms with Gasteiger partial charge in [0.25, 0.3) is 5.91 Å². The van der Waals surface area contributed by atoms with Crippen LogP contribution in [0.25, 0.3) is 0 Å². The molecule has 5 nitrogen and oxygen atoms in total. The Morgan fingerprint density at radius 1 is 1.15 bits per heavy atom. The van der Waals surface area contributed by atoms with Gasteiger partial charge in [-0.2, -0.15) is 0 Å². The van der Waals surface area contributed by atoms with Crippen molar-refractivity contribution in [2.45, 2.75) is 19.9 Å². The highest BCUT2D eigenvalue weighted by molar-refractivity contribution is 7.92. The number of nitrogens with zero attached hydrogens (tertiary/aromatic N) is 1. The van der Waals surface area contributed by atoms with Crippen molar-refractivity contribution < 1.29 is 13.2 Å². The lowest BCUT2D eigenvalue weighted by Crippen LogP contribution is -2.30. The SMILES string of the molecule is C=CCN(c1ccc(C(=O)NC(C)c2ccc(C)cc2)cc1)S(C)(=O)=O. The van der Waals surface area contributed by atoms with Crippen molar-refractivity contribution in [1.82, 2.24) is 5.32 Å². The Morgan fingerprint density at radius 3 is 2.23 bits per heavy atom. The number of hydrogen-bond acceptors (Lipinski definition) is 3. The minimum absolute atomic E-state index is 0.129. The molecule has 0 aliphatic rings. The van der Waals surface area contributed by atoms with Crippen LogP contribution >= 0.6 is 0 Å². The molecule has 0 saturated heterocycles. The van der Waals surface area contributed by atoms with Gasteiger partial charge in [0.1, 0.15) is 0 Å². The molecule has 0 spiro atoms. The second-order valence-corrected chi connectivity index (χ2v) is 8.14. The maximum atomic E-state index is 12.4. The van der Waals surface area contributed by atoms with Crippen molar-refractivity contribution in [3.05, 3.63) is 77.9 Å². The van der Waals surface area contributed by atoms with Crippen LogP contribution in [-0.4, -0.2) is 27.1 Å². The Labute approximate surface area is 155 Å². The topological polar surface area (TPSA) is 66.5 Å². The monoisotopic (exact) mass is 372 g/mol. The Morgan fingerprint density at radius 2 is 1.73 bits per heavy atom. The largest absolute Gasteiger partial charge is 0.346 e. The van der Waals surface area contributed by atoms with Gasteiger partial charge in [-0.05, 0) is 43.7 Å². The van der Waals surface area contributed by atoms with Gasteiger partial charge in [-0.25, -0.2) is 8.42 Å². The predicted octanol–water partition coefficient (Wildman–Crippen LogP) is 3.44. The summed E-state index contributed by atoms with van der Waals surface area (Å²) in [5.74, 6) is -0.209. The van der Waals surface area contributed by atoms with Crippen molar-refractivity contribution in [2.75, 3.05) is 17.1 Å². The lowest BCUT2D eigenvalue weighted by molar-refractivity contribution is 0.0940.